The molecule has 1 aliphatic heterocycles. The maximum Gasteiger partial charge on any atom is 0.137 e. The standard InChI is InChI=1S/C16H24N4/c1-3-16(2)13-19(9-6-8-17-16)11-14-12-20-10-5-4-7-15(20)18-14/h4-5,7,10,12,17H,3,6,8-9,11,13H2,1-2H3. The van der Waals surface area contributed by atoms with Crippen LogP contribution in [0.5, 0.6) is 0 Å². The van der Waals surface area contributed by atoms with Crippen LogP contribution in [0.15, 0.2) is 30.6 Å². The van der Waals surface area contributed by atoms with E-state index in [1.807, 2.05) is 12.1 Å². The minimum atomic E-state index is 0.232. The van der Waals surface area contributed by atoms with Crippen molar-refractivity contribution >= 4 is 5.65 Å². The van der Waals surface area contributed by atoms with Crippen LogP contribution in [-0.2, 0) is 6.54 Å². The highest BCUT2D eigenvalue weighted by Crippen LogP contribution is 2.17. The van der Waals surface area contributed by atoms with Crippen LogP contribution >= 0.6 is 0 Å². The molecule has 3 rings (SSSR count). The zero-order chi connectivity index (χ0) is 14.0. The molecule has 108 valence electrons. The highest BCUT2D eigenvalue weighted by Gasteiger charge is 2.27. The lowest BCUT2D eigenvalue weighted by Gasteiger charge is -2.32. The van der Waals surface area contributed by atoms with Crippen molar-refractivity contribution in [1.82, 2.24) is 19.6 Å². The first kappa shape index (κ1) is 13.6. The van der Waals surface area contributed by atoms with E-state index in [2.05, 4.69) is 46.9 Å². The summed E-state index contributed by atoms with van der Waals surface area (Å²) in [6, 6.07) is 6.14. The zero-order valence-corrected chi connectivity index (χ0v) is 12.5. The molecular weight excluding hydrogens is 248 g/mol. The van der Waals surface area contributed by atoms with E-state index in [-0.39, 0.29) is 5.54 Å². The second kappa shape index (κ2) is 5.54. The number of imidazole rings is 1. The lowest BCUT2D eigenvalue weighted by Crippen LogP contribution is -2.48. The van der Waals surface area contributed by atoms with E-state index in [1.165, 1.54) is 6.42 Å². The molecule has 0 amide bonds. The van der Waals surface area contributed by atoms with E-state index in [9.17, 15) is 0 Å². The van der Waals surface area contributed by atoms with Gasteiger partial charge < -0.3 is 9.72 Å². The summed E-state index contributed by atoms with van der Waals surface area (Å²) >= 11 is 0. The van der Waals surface area contributed by atoms with Gasteiger partial charge in [0.1, 0.15) is 5.65 Å². The second-order valence-electron chi connectivity index (χ2n) is 6.10. The number of rotatable bonds is 3. The minimum Gasteiger partial charge on any atom is -0.310 e. The first-order valence-electron chi connectivity index (χ1n) is 7.58. The molecule has 2 aromatic heterocycles. The van der Waals surface area contributed by atoms with Gasteiger partial charge in [-0.2, -0.15) is 0 Å². The molecular formula is C16H24N4. The summed E-state index contributed by atoms with van der Waals surface area (Å²) in [4.78, 5) is 7.24. The van der Waals surface area contributed by atoms with E-state index < -0.39 is 0 Å². The Kier molecular flexibility index (Phi) is 3.76. The molecule has 0 radical (unpaired) electrons. The Morgan fingerprint density at radius 2 is 2.30 bits per heavy atom. The molecule has 2 aromatic rings. The Bertz CT molecular complexity index is 544. The number of fused-ring (bicyclic) bond motifs is 1. The van der Waals surface area contributed by atoms with Crippen LogP contribution < -0.4 is 5.32 Å². The Labute approximate surface area is 120 Å². The summed E-state index contributed by atoms with van der Waals surface area (Å²) in [5.41, 5.74) is 2.43. The zero-order valence-electron chi connectivity index (χ0n) is 12.5. The van der Waals surface area contributed by atoms with Crippen molar-refractivity contribution in [2.45, 2.75) is 38.8 Å². The van der Waals surface area contributed by atoms with E-state index in [1.54, 1.807) is 0 Å². The van der Waals surface area contributed by atoms with Crippen LogP contribution in [0.1, 0.15) is 32.4 Å². The van der Waals surface area contributed by atoms with Gasteiger partial charge in [-0.25, -0.2) is 4.98 Å². The fourth-order valence-corrected chi connectivity index (χ4v) is 2.99. The molecule has 20 heavy (non-hydrogen) atoms. The minimum absolute atomic E-state index is 0.232. The van der Waals surface area contributed by atoms with Gasteiger partial charge in [-0.05, 0) is 45.0 Å². The highest BCUT2D eigenvalue weighted by molar-refractivity contribution is 5.39. The molecule has 1 N–H and O–H groups in total. The third-order valence-electron chi connectivity index (χ3n) is 4.36. The number of aromatic nitrogens is 2. The van der Waals surface area contributed by atoms with Crippen LogP contribution in [-0.4, -0.2) is 39.5 Å². The molecule has 0 spiro atoms. The molecule has 1 fully saturated rings. The Balaban J connectivity index is 1.75. The average Bonchev–Trinajstić information content (AvgIpc) is 2.75. The molecule has 1 unspecified atom stereocenters. The van der Waals surface area contributed by atoms with Crippen molar-refractivity contribution in [1.29, 1.82) is 0 Å². The summed E-state index contributed by atoms with van der Waals surface area (Å²) in [6.07, 6.45) is 6.58. The lowest BCUT2D eigenvalue weighted by molar-refractivity contribution is 0.207. The van der Waals surface area contributed by atoms with Crippen LogP contribution in [0.2, 0.25) is 0 Å². The molecule has 4 nitrogen and oxygen atoms in total. The summed E-state index contributed by atoms with van der Waals surface area (Å²) in [5, 5.41) is 3.68. The van der Waals surface area contributed by atoms with Gasteiger partial charge in [-0.3, -0.25) is 4.90 Å². The molecule has 0 saturated carbocycles. The van der Waals surface area contributed by atoms with Crippen LogP contribution in [0, 0.1) is 0 Å². The van der Waals surface area contributed by atoms with Crippen LogP contribution in [0.4, 0.5) is 0 Å². The fourth-order valence-electron chi connectivity index (χ4n) is 2.99. The fraction of sp³-hybridized carbons (Fsp3) is 0.562. The number of hydrogen-bond acceptors (Lipinski definition) is 3. The topological polar surface area (TPSA) is 32.6 Å². The number of nitrogens with one attached hydrogen (secondary N) is 1. The summed E-state index contributed by atoms with van der Waals surface area (Å²) in [6.45, 7) is 8.90. The Morgan fingerprint density at radius 1 is 1.40 bits per heavy atom. The first-order valence-corrected chi connectivity index (χ1v) is 7.58. The smallest absolute Gasteiger partial charge is 0.137 e. The number of nitrogens with zero attached hydrogens (tertiary/aromatic N) is 3. The Morgan fingerprint density at radius 3 is 3.10 bits per heavy atom. The van der Waals surface area contributed by atoms with Crippen molar-refractivity contribution in [3.8, 4) is 0 Å². The predicted molar refractivity (Wildman–Crippen MR) is 81.8 cm³/mol. The molecule has 1 saturated heterocycles. The normalized spacial score (nSPS) is 24.9. The molecule has 4 heteroatoms. The third kappa shape index (κ3) is 2.86. The predicted octanol–water partition coefficient (Wildman–Crippen LogP) is 2.30. The van der Waals surface area contributed by atoms with Crippen molar-refractivity contribution < 1.29 is 0 Å². The largest absolute Gasteiger partial charge is 0.310 e. The molecule has 0 aromatic carbocycles. The molecule has 0 bridgehead atoms. The third-order valence-corrected chi connectivity index (χ3v) is 4.36. The molecule has 1 atom stereocenters. The van der Waals surface area contributed by atoms with Gasteiger partial charge >= 0.3 is 0 Å². The second-order valence-corrected chi connectivity index (χ2v) is 6.10. The van der Waals surface area contributed by atoms with Crippen molar-refractivity contribution in [3.63, 3.8) is 0 Å². The molecule has 3 heterocycles. The molecule has 1 aliphatic rings. The maximum absolute atomic E-state index is 4.71. The van der Waals surface area contributed by atoms with Gasteiger partial charge in [0.05, 0.1) is 5.69 Å². The van der Waals surface area contributed by atoms with Crippen LogP contribution in [0.25, 0.3) is 5.65 Å². The Hall–Kier alpha value is -1.39. The summed E-state index contributed by atoms with van der Waals surface area (Å²) in [5.74, 6) is 0. The van der Waals surface area contributed by atoms with E-state index >= 15 is 0 Å². The van der Waals surface area contributed by atoms with Gasteiger partial charge in [0, 0.05) is 31.0 Å². The van der Waals surface area contributed by atoms with E-state index in [4.69, 9.17) is 4.98 Å². The highest BCUT2D eigenvalue weighted by atomic mass is 15.2. The quantitative estimate of drug-likeness (QED) is 0.930. The SMILES string of the molecule is CCC1(C)CN(Cc2cn3ccccc3n2)CCCN1. The van der Waals surface area contributed by atoms with Gasteiger partial charge in [0.25, 0.3) is 0 Å². The molecule has 0 aliphatic carbocycles. The van der Waals surface area contributed by atoms with Gasteiger partial charge in [0.2, 0.25) is 0 Å². The summed E-state index contributed by atoms with van der Waals surface area (Å²) in [7, 11) is 0. The average molecular weight is 272 g/mol. The van der Waals surface area contributed by atoms with Crippen molar-refractivity contribution in [2.75, 3.05) is 19.6 Å². The van der Waals surface area contributed by atoms with Gasteiger partial charge in [-0.1, -0.05) is 13.0 Å². The van der Waals surface area contributed by atoms with Crippen LogP contribution in [0.3, 0.4) is 0 Å². The monoisotopic (exact) mass is 272 g/mol. The van der Waals surface area contributed by atoms with Gasteiger partial charge in [-0.15, -0.1) is 0 Å². The number of hydrogen-bond donors (Lipinski definition) is 1. The van der Waals surface area contributed by atoms with Gasteiger partial charge in [0.15, 0.2) is 0 Å². The first-order chi connectivity index (χ1) is 9.68. The number of pyridine rings is 1. The van der Waals surface area contributed by atoms with E-state index in [0.29, 0.717) is 0 Å². The van der Waals surface area contributed by atoms with E-state index in [0.717, 1.165) is 43.9 Å². The maximum atomic E-state index is 4.71. The lowest BCUT2D eigenvalue weighted by atomic mass is 9.98. The summed E-state index contributed by atoms with van der Waals surface area (Å²) < 4.78 is 2.10. The van der Waals surface area contributed by atoms with Crippen molar-refractivity contribution in [3.05, 3.63) is 36.3 Å². The van der Waals surface area contributed by atoms with Crippen molar-refractivity contribution in [2.24, 2.45) is 0 Å².